The van der Waals surface area contributed by atoms with Crippen LogP contribution in [0.15, 0.2) is 40.0 Å². The first-order chi connectivity index (χ1) is 8.60. The van der Waals surface area contributed by atoms with Gasteiger partial charge in [0, 0.05) is 11.8 Å². The van der Waals surface area contributed by atoms with E-state index in [2.05, 4.69) is 4.98 Å². The van der Waals surface area contributed by atoms with Crippen molar-refractivity contribution in [3.8, 4) is 17.4 Å². The van der Waals surface area contributed by atoms with Crippen molar-refractivity contribution >= 4 is 9.84 Å². The van der Waals surface area contributed by atoms with Gasteiger partial charge in [-0.05, 0) is 18.2 Å². The first kappa shape index (κ1) is 12.3. The van der Waals surface area contributed by atoms with Crippen molar-refractivity contribution in [3.05, 3.63) is 36.4 Å². The Labute approximate surface area is 105 Å². The first-order valence-electron chi connectivity index (χ1n) is 5.26. The van der Waals surface area contributed by atoms with Crippen molar-refractivity contribution < 1.29 is 12.8 Å². The second-order valence-corrected chi connectivity index (χ2v) is 5.74. The fraction of sp³-hybridized carbons (Fsp3) is 0.167. The summed E-state index contributed by atoms with van der Waals surface area (Å²) in [5.74, 6) is 0.307. The zero-order valence-corrected chi connectivity index (χ0v) is 10.4. The highest BCUT2D eigenvalue weighted by Crippen LogP contribution is 2.29. The van der Waals surface area contributed by atoms with Gasteiger partial charge in [0.1, 0.15) is 16.7 Å². The maximum Gasteiger partial charge on any atom is 0.181 e. The Bertz CT molecular complexity index is 697. The van der Waals surface area contributed by atoms with Gasteiger partial charge < -0.3 is 4.42 Å². The minimum Gasteiger partial charge on any atom is -0.464 e. The molecule has 0 bridgehead atoms. The molecule has 0 saturated heterocycles. The van der Waals surface area contributed by atoms with Gasteiger partial charge in [-0.3, -0.25) is 0 Å². The molecule has 0 fully saturated rings. The molecule has 18 heavy (non-hydrogen) atoms. The molecule has 92 valence electrons. The number of nitrogens with zero attached hydrogens (tertiary/aromatic N) is 2. The lowest BCUT2D eigenvalue weighted by atomic mass is 10.2. The van der Waals surface area contributed by atoms with E-state index in [9.17, 15) is 8.42 Å². The quantitative estimate of drug-likeness (QED) is 0.844. The monoisotopic (exact) mass is 262 g/mol. The van der Waals surface area contributed by atoms with Gasteiger partial charge in [0.15, 0.2) is 15.5 Å². The fourth-order valence-electron chi connectivity index (χ4n) is 1.61. The number of nitriles is 1. The molecule has 0 aliphatic rings. The minimum atomic E-state index is -3.54. The molecule has 0 aliphatic heterocycles. The summed E-state index contributed by atoms with van der Waals surface area (Å²) in [6, 6.07) is 6.64. The number of furan rings is 1. The van der Waals surface area contributed by atoms with Crippen molar-refractivity contribution in [1.29, 1.82) is 5.26 Å². The molecule has 0 amide bonds. The second kappa shape index (κ2) is 4.63. The summed E-state index contributed by atoms with van der Waals surface area (Å²) in [7, 11) is -3.54. The Kier molecular flexibility index (Phi) is 3.17. The fourth-order valence-corrected chi connectivity index (χ4v) is 2.80. The second-order valence-electron chi connectivity index (χ2n) is 3.53. The zero-order valence-electron chi connectivity index (χ0n) is 9.62. The van der Waals surface area contributed by atoms with Crippen LogP contribution in [0.1, 0.15) is 12.6 Å². The van der Waals surface area contributed by atoms with Crippen molar-refractivity contribution in [2.45, 2.75) is 11.8 Å². The summed E-state index contributed by atoms with van der Waals surface area (Å²) in [6.07, 6.45) is 2.84. The highest BCUT2D eigenvalue weighted by Gasteiger charge is 2.24. The number of aromatic nitrogens is 1. The van der Waals surface area contributed by atoms with Gasteiger partial charge in [-0.1, -0.05) is 6.92 Å². The molecule has 0 aromatic carbocycles. The lowest BCUT2D eigenvalue weighted by Gasteiger charge is -2.08. The predicted molar refractivity (Wildman–Crippen MR) is 64.4 cm³/mol. The van der Waals surface area contributed by atoms with Gasteiger partial charge >= 0.3 is 0 Å². The van der Waals surface area contributed by atoms with Crippen LogP contribution in [0.4, 0.5) is 0 Å². The third-order valence-electron chi connectivity index (χ3n) is 2.49. The van der Waals surface area contributed by atoms with Gasteiger partial charge in [-0.15, -0.1) is 0 Å². The molecular formula is C12H10N2O3S. The SMILES string of the molecule is CCS(=O)(=O)c1c(-c2ccco2)ccnc1C#N. The highest BCUT2D eigenvalue weighted by atomic mass is 32.2. The van der Waals surface area contributed by atoms with E-state index in [1.807, 2.05) is 0 Å². The summed E-state index contributed by atoms with van der Waals surface area (Å²) in [6.45, 7) is 1.52. The molecule has 2 rings (SSSR count). The molecule has 0 aliphatic carbocycles. The van der Waals surface area contributed by atoms with Crippen LogP contribution in [0.25, 0.3) is 11.3 Å². The van der Waals surface area contributed by atoms with Crippen LogP contribution >= 0.6 is 0 Å². The molecule has 0 unspecified atom stereocenters. The van der Waals surface area contributed by atoms with Crippen LogP contribution in [0.2, 0.25) is 0 Å². The number of hydrogen-bond donors (Lipinski definition) is 0. The smallest absolute Gasteiger partial charge is 0.181 e. The Balaban J connectivity index is 2.81. The van der Waals surface area contributed by atoms with Gasteiger partial charge in [0.05, 0.1) is 12.0 Å². The van der Waals surface area contributed by atoms with E-state index >= 15 is 0 Å². The predicted octanol–water partition coefficient (Wildman–Crippen LogP) is 2.01. The molecule has 5 nitrogen and oxygen atoms in total. The standard InChI is InChI=1S/C12H10N2O3S/c1-2-18(15,16)12-9(11-4-3-7-17-11)5-6-14-10(12)8-13/h3-7H,2H2,1H3. The molecule has 0 radical (unpaired) electrons. The van der Waals surface area contributed by atoms with Crippen molar-refractivity contribution in [2.75, 3.05) is 5.75 Å². The number of hydrogen-bond acceptors (Lipinski definition) is 5. The summed E-state index contributed by atoms with van der Waals surface area (Å²) in [5, 5.41) is 8.99. The Hall–Kier alpha value is -2.13. The summed E-state index contributed by atoms with van der Waals surface area (Å²) >= 11 is 0. The van der Waals surface area contributed by atoms with Crippen molar-refractivity contribution in [2.24, 2.45) is 0 Å². The van der Waals surface area contributed by atoms with E-state index in [0.717, 1.165) is 0 Å². The lowest BCUT2D eigenvalue weighted by molar-refractivity contribution is 0.577. The first-order valence-corrected chi connectivity index (χ1v) is 6.91. The van der Waals surface area contributed by atoms with E-state index in [-0.39, 0.29) is 16.3 Å². The summed E-state index contributed by atoms with van der Waals surface area (Å²) in [5.41, 5.74) is 0.263. The van der Waals surface area contributed by atoms with Crippen molar-refractivity contribution in [1.82, 2.24) is 4.98 Å². The molecule has 2 aromatic rings. The van der Waals surface area contributed by atoms with Gasteiger partial charge in [0.2, 0.25) is 0 Å². The Morgan fingerprint density at radius 3 is 2.78 bits per heavy atom. The van der Waals surface area contributed by atoms with Gasteiger partial charge in [-0.25, -0.2) is 13.4 Å². The van der Waals surface area contributed by atoms with Crippen molar-refractivity contribution in [3.63, 3.8) is 0 Å². The van der Waals surface area contributed by atoms with E-state index in [1.165, 1.54) is 25.5 Å². The Morgan fingerprint density at radius 2 is 2.22 bits per heavy atom. The van der Waals surface area contributed by atoms with E-state index in [1.54, 1.807) is 18.2 Å². The van der Waals surface area contributed by atoms with Crippen LogP contribution < -0.4 is 0 Å². The third kappa shape index (κ3) is 2.00. The van der Waals surface area contributed by atoms with E-state index in [0.29, 0.717) is 11.3 Å². The topological polar surface area (TPSA) is 84.0 Å². The van der Waals surface area contributed by atoms with E-state index in [4.69, 9.17) is 9.68 Å². The Morgan fingerprint density at radius 1 is 1.44 bits per heavy atom. The van der Waals surface area contributed by atoms with E-state index < -0.39 is 9.84 Å². The van der Waals surface area contributed by atoms with Crippen LogP contribution in [0.3, 0.4) is 0 Å². The average molecular weight is 262 g/mol. The summed E-state index contributed by atoms with van der Waals surface area (Å²) in [4.78, 5) is 3.74. The van der Waals surface area contributed by atoms with Crippen LogP contribution in [-0.4, -0.2) is 19.2 Å². The zero-order chi connectivity index (χ0) is 13.2. The molecular weight excluding hydrogens is 252 g/mol. The number of sulfone groups is 1. The van der Waals surface area contributed by atoms with Crippen LogP contribution in [-0.2, 0) is 9.84 Å². The third-order valence-corrected chi connectivity index (χ3v) is 4.28. The number of pyridine rings is 1. The summed E-state index contributed by atoms with van der Waals surface area (Å²) < 4.78 is 29.3. The molecule has 0 atom stereocenters. The molecule has 2 heterocycles. The van der Waals surface area contributed by atoms with Crippen LogP contribution in [0.5, 0.6) is 0 Å². The number of rotatable bonds is 3. The molecule has 0 N–H and O–H groups in total. The molecule has 6 heteroatoms. The van der Waals surface area contributed by atoms with Gasteiger partial charge in [0.25, 0.3) is 0 Å². The highest BCUT2D eigenvalue weighted by molar-refractivity contribution is 7.91. The normalized spacial score (nSPS) is 11.1. The molecule has 0 spiro atoms. The maximum atomic E-state index is 12.1. The average Bonchev–Trinajstić information content (AvgIpc) is 2.91. The largest absolute Gasteiger partial charge is 0.464 e. The van der Waals surface area contributed by atoms with Crippen LogP contribution in [0, 0.1) is 11.3 Å². The maximum absolute atomic E-state index is 12.1. The van der Waals surface area contributed by atoms with Gasteiger partial charge in [-0.2, -0.15) is 5.26 Å². The minimum absolute atomic E-state index is 0.0649. The molecule has 0 saturated carbocycles. The lowest BCUT2D eigenvalue weighted by Crippen LogP contribution is -2.09. The molecule has 2 aromatic heterocycles.